The van der Waals surface area contributed by atoms with Crippen LogP contribution in [0.2, 0.25) is 21.4 Å². The molecule has 0 saturated carbocycles. The molecule has 0 nitrogen and oxygen atoms in total. The van der Waals surface area contributed by atoms with Crippen molar-refractivity contribution in [1.82, 2.24) is 0 Å². The Morgan fingerprint density at radius 3 is 1.38 bits per heavy atom. The number of fused-ring (bicyclic) bond motifs is 2. The Bertz CT molecular complexity index is 1830. The molecule has 2 aliphatic rings. The molecule has 0 spiro atoms. The first kappa shape index (κ1) is 37.2. The normalized spacial score (nSPS) is 16.8. The van der Waals surface area contributed by atoms with Gasteiger partial charge < -0.3 is 0 Å². The second-order valence-corrected chi connectivity index (χ2v) is 62.9. The predicted octanol–water partition coefficient (Wildman–Crippen LogP) is 15.3. The topological polar surface area (TPSA) is 0 Å². The number of allylic oxidation sites excluding steroid dienone is 2. The van der Waals surface area contributed by atoms with Gasteiger partial charge in [-0.15, -0.1) is 0 Å². The Morgan fingerprint density at radius 2 is 0.980 bits per heavy atom. The van der Waals surface area contributed by atoms with Crippen LogP contribution >= 0.6 is 0 Å². The van der Waals surface area contributed by atoms with Gasteiger partial charge in [0, 0.05) is 0 Å². The SMILES string of the molecule is CCCCC[Si](CCCCC)=[Hf]([CH3])([CH3])([CH]1C=Cc2c(-c3cccc(C(C)C)c3)cccc21)[CH]1C=Cc2c(-c3cccc(C(C)C)c3)cccc21. The van der Waals surface area contributed by atoms with Crippen LogP contribution in [0.15, 0.2) is 97.1 Å². The van der Waals surface area contributed by atoms with Crippen LogP contribution in [-0.2, 0) is 17.1 Å². The van der Waals surface area contributed by atoms with Crippen LogP contribution in [0.25, 0.3) is 34.4 Å². The molecule has 0 amide bonds. The molecule has 2 aliphatic carbocycles. The predicted molar refractivity (Wildman–Crippen MR) is 222 cm³/mol. The van der Waals surface area contributed by atoms with E-state index in [-0.39, 0.29) is 0 Å². The van der Waals surface area contributed by atoms with Gasteiger partial charge in [-0.25, -0.2) is 0 Å². The summed E-state index contributed by atoms with van der Waals surface area (Å²) in [5.41, 5.74) is 14.0. The summed E-state index contributed by atoms with van der Waals surface area (Å²) in [5, 5.41) is 0. The van der Waals surface area contributed by atoms with Gasteiger partial charge in [0.2, 0.25) is 0 Å². The van der Waals surface area contributed by atoms with Gasteiger partial charge in [-0.1, -0.05) is 0 Å². The van der Waals surface area contributed by atoms with E-state index in [0.29, 0.717) is 19.2 Å². The molecule has 0 heterocycles. The first-order chi connectivity index (χ1) is 24.1. The molecule has 2 heteroatoms. The molecule has 0 N–H and O–H groups in total. The van der Waals surface area contributed by atoms with Crippen molar-refractivity contribution in [2.45, 2.75) is 121 Å². The molecule has 0 saturated heterocycles. The molecule has 2 unspecified atom stereocenters. The summed E-state index contributed by atoms with van der Waals surface area (Å²) in [7, 11) is 0. The third-order valence-electron chi connectivity index (χ3n) is 12.8. The molecule has 0 fully saturated rings. The second-order valence-electron chi connectivity index (χ2n) is 17.0. The van der Waals surface area contributed by atoms with Gasteiger partial charge in [-0.05, 0) is 0 Å². The fourth-order valence-corrected chi connectivity index (χ4v) is 63.1. The Hall–Kier alpha value is -2.55. The summed E-state index contributed by atoms with van der Waals surface area (Å²) in [6.07, 6.45) is 18.8. The zero-order chi connectivity index (χ0) is 35.5. The first-order valence-corrected chi connectivity index (χ1v) is 38.6. The number of hydrogen-bond acceptors (Lipinski definition) is 0. The molecule has 0 bridgehead atoms. The van der Waals surface area contributed by atoms with E-state index in [0.717, 1.165) is 0 Å². The summed E-state index contributed by atoms with van der Waals surface area (Å²) < 4.78 is 7.08. The minimum absolute atomic E-state index is 0.525. The second kappa shape index (κ2) is 15.6. The fourth-order valence-electron chi connectivity index (χ4n) is 9.58. The molecule has 6 rings (SSSR count). The van der Waals surface area contributed by atoms with E-state index in [9.17, 15) is 0 Å². The minimum atomic E-state index is -3.98. The van der Waals surface area contributed by atoms with Crippen LogP contribution in [0.4, 0.5) is 0 Å². The average molecular weight is 846 g/mol. The molecular formula is C48H62HfSi. The van der Waals surface area contributed by atoms with Crippen molar-refractivity contribution in [1.29, 1.82) is 0 Å². The van der Waals surface area contributed by atoms with Crippen LogP contribution < -0.4 is 0 Å². The molecule has 4 aromatic rings. The molecule has 262 valence electrons. The number of benzene rings is 4. The van der Waals surface area contributed by atoms with Crippen molar-refractivity contribution in [3.63, 3.8) is 0 Å². The Kier molecular flexibility index (Phi) is 11.6. The average Bonchev–Trinajstić information content (AvgIpc) is 3.78. The van der Waals surface area contributed by atoms with Crippen molar-refractivity contribution >= 4 is 17.6 Å². The quantitative estimate of drug-likeness (QED) is 0.0876. The van der Waals surface area contributed by atoms with Gasteiger partial charge in [-0.3, -0.25) is 0 Å². The van der Waals surface area contributed by atoms with Gasteiger partial charge in [0.1, 0.15) is 0 Å². The number of unbranched alkanes of at least 4 members (excludes halogenated alkanes) is 4. The van der Waals surface area contributed by atoms with E-state index in [2.05, 4.69) is 160 Å². The zero-order valence-electron chi connectivity index (χ0n) is 32.4. The van der Waals surface area contributed by atoms with Crippen LogP contribution in [0, 0.1) is 0 Å². The number of rotatable bonds is 14. The summed E-state index contributed by atoms with van der Waals surface area (Å²) in [6.45, 7) is 14.0. The third-order valence-corrected chi connectivity index (χ3v) is 68.8. The van der Waals surface area contributed by atoms with E-state index in [1.54, 1.807) is 11.1 Å². The van der Waals surface area contributed by atoms with Gasteiger partial charge in [0.05, 0.1) is 0 Å². The van der Waals surface area contributed by atoms with Crippen LogP contribution in [-0.4, -0.2) is 5.49 Å². The van der Waals surface area contributed by atoms with E-state index in [4.69, 9.17) is 0 Å². The molecule has 0 radical (unpaired) electrons. The maximum absolute atomic E-state index is 3.98. The van der Waals surface area contributed by atoms with Gasteiger partial charge in [0.15, 0.2) is 0 Å². The van der Waals surface area contributed by atoms with E-state index in [1.165, 1.54) is 95.1 Å². The van der Waals surface area contributed by atoms with E-state index in [1.807, 2.05) is 0 Å². The monoisotopic (exact) mass is 846 g/mol. The summed E-state index contributed by atoms with van der Waals surface area (Å²) in [6, 6.07) is 36.3. The van der Waals surface area contributed by atoms with Crippen molar-refractivity contribution < 1.29 is 17.1 Å². The van der Waals surface area contributed by atoms with Crippen molar-refractivity contribution in [2.75, 3.05) is 0 Å². The van der Waals surface area contributed by atoms with Gasteiger partial charge >= 0.3 is 308 Å². The Labute approximate surface area is 306 Å². The Balaban J connectivity index is 1.56. The van der Waals surface area contributed by atoms with Gasteiger partial charge in [0.25, 0.3) is 0 Å². The van der Waals surface area contributed by atoms with Crippen LogP contribution in [0.1, 0.15) is 133 Å². The van der Waals surface area contributed by atoms with Crippen molar-refractivity contribution in [2.24, 2.45) is 0 Å². The molecule has 0 aromatic heterocycles. The first-order valence-electron chi connectivity index (χ1n) is 20.0. The Morgan fingerprint density at radius 1 is 0.560 bits per heavy atom. The number of hydrogen-bond donors (Lipinski definition) is 0. The molecule has 0 aliphatic heterocycles. The van der Waals surface area contributed by atoms with Crippen LogP contribution in [0.3, 0.4) is 0 Å². The van der Waals surface area contributed by atoms with Crippen molar-refractivity contribution in [3.8, 4) is 22.3 Å². The zero-order valence-corrected chi connectivity index (χ0v) is 37.0. The summed E-state index contributed by atoms with van der Waals surface area (Å²) >= 11 is -3.98. The van der Waals surface area contributed by atoms with Gasteiger partial charge in [-0.2, -0.15) is 0 Å². The molecule has 50 heavy (non-hydrogen) atoms. The molecule has 2 atom stereocenters. The standard InChI is InChI=1S/2C18H17.C10H22Si.2CH3.Hf/c2*1-13(2)15-8-3-9-16(12-15)18-11-5-7-14-6-4-10-17(14)18;1-3-5-7-9-11-10-8-6-4-2;;;/h2*3-13H,1-2H3;3-10H2,1-2H3;2*1H3;. The third kappa shape index (κ3) is 6.98. The van der Waals surface area contributed by atoms with E-state index < -0.39 is 22.6 Å². The van der Waals surface area contributed by atoms with E-state index >= 15 is 0 Å². The summed E-state index contributed by atoms with van der Waals surface area (Å²) in [4.78, 5) is 0. The summed E-state index contributed by atoms with van der Waals surface area (Å²) in [5.74, 6) is 1.05. The molecule has 4 aromatic carbocycles. The fraction of sp³-hybridized carbons (Fsp3) is 0.417. The maximum atomic E-state index is 2.97. The van der Waals surface area contributed by atoms with Crippen LogP contribution in [0.5, 0.6) is 0 Å². The van der Waals surface area contributed by atoms with Crippen molar-refractivity contribution in [3.05, 3.63) is 130 Å². The molecular weight excluding hydrogens is 783 g/mol.